The van der Waals surface area contributed by atoms with Crippen molar-refractivity contribution in [1.82, 2.24) is 23.9 Å². The summed E-state index contributed by atoms with van der Waals surface area (Å²) in [7, 11) is -3.53. The number of hydrogen-bond donors (Lipinski definition) is 1. The molecular weight excluding hydrogens is 637 g/mol. The smallest absolute Gasteiger partial charge is 0.390 e. The molecule has 0 radical (unpaired) electrons. The molecule has 5 rings (SSSR count). The molecule has 3 aliphatic heterocycles. The van der Waals surface area contributed by atoms with E-state index in [1.807, 2.05) is 4.90 Å². The number of benzene rings is 1. The van der Waals surface area contributed by atoms with Crippen molar-refractivity contribution in [3.8, 4) is 11.3 Å². The lowest BCUT2D eigenvalue weighted by molar-refractivity contribution is -0.139. The normalized spacial score (nSPS) is 21.6. The molecule has 45 heavy (non-hydrogen) atoms. The average molecular weight is 680 g/mol. The molecule has 1 aromatic heterocycles. The molecule has 0 saturated carbocycles. The van der Waals surface area contributed by atoms with Crippen molar-refractivity contribution in [1.29, 1.82) is 0 Å². The lowest BCUT2D eigenvalue weighted by atomic mass is 9.99. The first-order valence-corrected chi connectivity index (χ1v) is 18.3. The molecule has 1 atom stereocenters. The van der Waals surface area contributed by atoms with Crippen LogP contribution in [0.3, 0.4) is 0 Å². The second kappa shape index (κ2) is 13.8. The van der Waals surface area contributed by atoms with E-state index in [1.165, 1.54) is 16.4 Å². The maximum atomic E-state index is 14.0. The van der Waals surface area contributed by atoms with Gasteiger partial charge in [-0.1, -0.05) is 13.0 Å². The van der Waals surface area contributed by atoms with Crippen LogP contribution in [0.5, 0.6) is 0 Å². The van der Waals surface area contributed by atoms with Gasteiger partial charge in [0.15, 0.2) is 0 Å². The fourth-order valence-corrected chi connectivity index (χ4v) is 8.25. The molecule has 0 unspecified atom stereocenters. The van der Waals surface area contributed by atoms with Gasteiger partial charge in [-0.2, -0.15) is 22.6 Å². The third-order valence-corrected chi connectivity index (χ3v) is 11.4. The number of alkyl halides is 5. The molecule has 0 amide bonds. The molecular formula is C30H42F5N5O3S2. The summed E-state index contributed by atoms with van der Waals surface area (Å²) in [6, 6.07) is 3.82. The Labute approximate surface area is 266 Å². The number of thioether (sulfide) groups is 1. The summed E-state index contributed by atoms with van der Waals surface area (Å²) < 4.78 is 97.1. The van der Waals surface area contributed by atoms with Crippen LogP contribution in [-0.2, 0) is 35.7 Å². The van der Waals surface area contributed by atoms with E-state index in [2.05, 4.69) is 11.8 Å². The summed E-state index contributed by atoms with van der Waals surface area (Å²) in [5, 5.41) is 15.8. The van der Waals surface area contributed by atoms with Gasteiger partial charge in [0.2, 0.25) is 10.0 Å². The molecule has 0 bridgehead atoms. The number of aromatic nitrogens is 2. The Morgan fingerprint density at radius 3 is 2.40 bits per heavy atom. The molecule has 2 fully saturated rings. The van der Waals surface area contributed by atoms with E-state index in [9.17, 15) is 35.5 Å². The molecule has 0 aliphatic carbocycles. The van der Waals surface area contributed by atoms with Gasteiger partial charge in [-0.25, -0.2) is 17.2 Å². The minimum atomic E-state index is -4.60. The van der Waals surface area contributed by atoms with Gasteiger partial charge >= 0.3 is 6.18 Å². The number of halogens is 5. The van der Waals surface area contributed by atoms with Crippen LogP contribution in [0.4, 0.5) is 22.0 Å². The molecule has 15 heteroatoms. The Morgan fingerprint density at radius 2 is 1.76 bits per heavy atom. The Kier molecular flexibility index (Phi) is 10.6. The minimum Gasteiger partial charge on any atom is -0.390 e. The summed E-state index contributed by atoms with van der Waals surface area (Å²) in [6.45, 7) is 5.73. The van der Waals surface area contributed by atoms with Gasteiger partial charge in [-0.15, -0.1) is 11.8 Å². The van der Waals surface area contributed by atoms with Gasteiger partial charge in [-0.3, -0.25) is 4.68 Å². The maximum Gasteiger partial charge on any atom is 0.417 e. The number of fused-ring (bicyclic) bond motifs is 1. The fourth-order valence-electron chi connectivity index (χ4n) is 6.34. The largest absolute Gasteiger partial charge is 0.417 e. The van der Waals surface area contributed by atoms with Crippen molar-refractivity contribution in [2.24, 2.45) is 5.92 Å². The number of piperidine rings is 2. The van der Waals surface area contributed by atoms with Gasteiger partial charge in [0.05, 0.1) is 30.2 Å². The fraction of sp³-hybridized carbons (Fsp3) is 0.700. The van der Waals surface area contributed by atoms with Crippen LogP contribution in [0, 0.1) is 5.92 Å². The van der Waals surface area contributed by atoms with Crippen LogP contribution in [0.2, 0.25) is 0 Å². The third-order valence-electron chi connectivity index (χ3n) is 9.11. The minimum absolute atomic E-state index is 0.000722. The molecule has 4 heterocycles. The predicted octanol–water partition coefficient (Wildman–Crippen LogP) is 4.80. The van der Waals surface area contributed by atoms with E-state index >= 15 is 0 Å². The second-order valence-electron chi connectivity index (χ2n) is 12.7. The van der Waals surface area contributed by atoms with Gasteiger partial charge in [0, 0.05) is 86.0 Å². The van der Waals surface area contributed by atoms with Gasteiger partial charge in [0.25, 0.3) is 5.92 Å². The highest BCUT2D eigenvalue weighted by Gasteiger charge is 2.36. The summed E-state index contributed by atoms with van der Waals surface area (Å²) in [5.41, 5.74) is 1.42. The number of β-amino-alcohol motifs (C(OH)–C–C–N with tert-alkyl or cyclic N) is 1. The van der Waals surface area contributed by atoms with Crippen molar-refractivity contribution >= 4 is 21.8 Å². The van der Waals surface area contributed by atoms with E-state index in [4.69, 9.17) is 5.10 Å². The highest BCUT2D eigenvalue weighted by molar-refractivity contribution is 7.99. The molecule has 252 valence electrons. The highest BCUT2D eigenvalue weighted by atomic mass is 32.2. The van der Waals surface area contributed by atoms with Crippen LogP contribution in [0.1, 0.15) is 49.4 Å². The topological polar surface area (TPSA) is 81.9 Å². The molecule has 8 nitrogen and oxygen atoms in total. The number of aliphatic hydroxyl groups excluding tert-OH is 1. The lowest BCUT2D eigenvalue weighted by Gasteiger charge is -2.32. The lowest BCUT2D eigenvalue weighted by Crippen LogP contribution is -2.40. The predicted molar refractivity (Wildman–Crippen MR) is 164 cm³/mol. The van der Waals surface area contributed by atoms with Crippen molar-refractivity contribution in [2.45, 2.75) is 75.2 Å². The van der Waals surface area contributed by atoms with E-state index in [0.717, 1.165) is 55.7 Å². The first-order chi connectivity index (χ1) is 21.1. The van der Waals surface area contributed by atoms with Crippen LogP contribution in [0.25, 0.3) is 11.3 Å². The van der Waals surface area contributed by atoms with E-state index < -0.39 is 33.8 Å². The van der Waals surface area contributed by atoms with Crippen molar-refractivity contribution < 1.29 is 35.5 Å². The van der Waals surface area contributed by atoms with Crippen molar-refractivity contribution in [3.05, 3.63) is 35.0 Å². The summed E-state index contributed by atoms with van der Waals surface area (Å²) >= 11 is 1.02. The number of nitrogens with zero attached hydrogens (tertiary/aromatic N) is 5. The second-order valence-corrected chi connectivity index (χ2v) is 15.8. The summed E-state index contributed by atoms with van der Waals surface area (Å²) in [4.78, 5) is 4.07. The first kappa shape index (κ1) is 34.6. The maximum absolute atomic E-state index is 14.0. The number of aliphatic hydroxyl groups is 1. The monoisotopic (exact) mass is 679 g/mol. The Balaban J connectivity index is 1.40. The van der Waals surface area contributed by atoms with Crippen LogP contribution in [-0.4, -0.2) is 107 Å². The zero-order valence-corrected chi connectivity index (χ0v) is 27.3. The highest BCUT2D eigenvalue weighted by Crippen LogP contribution is 2.40. The average Bonchev–Trinajstić information content (AvgIpc) is 3.31. The molecule has 1 aromatic carbocycles. The Hall–Kier alpha value is -1.78. The number of likely N-dealkylation sites (tertiary alicyclic amines) is 2. The molecule has 1 N–H and O–H groups in total. The third kappa shape index (κ3) is 8.78. The molecule has 3 aliphatic rings. The zero-order chi connectivity index (χ0) is 32.6. The number of sulfonamides is 1. The van der Waals surface area contributed by atoms with Crippen molar-refractivity contribution in [2.75, 3.05) is 57.8 Å². The molecule has 0 spiro atoms. The molecule has 2 aromatic rings. The standard InChI is InChI=1S/C30H42F5N5O3S2/c1-21-5-10-38(11-6-21)18-23(41)19-40-26-7-12-39(45(2,42)43)20-24(26)28(36-40)22-3-4-25(30(33,34)35)27(17-22)44-16-15-37-13-8-29(31,32)9-14-37/h3-4,17,21,23,41H,5-16,18-20H2,1-2H3/t23-/m0/s1. The Bertz CT molecular complexity index is 1430. The van der Waals surface area contributed by atoms with E-state index in [0.29, 0.717) is 42.2 Å². The SMILES string of the molecule is CC1CCN(C[C@H](O)Cn2nc(-c3ccc(C(F)(F)F)c(SCCN4CCC(F)(F)CC4)c3)c3c2CCN(S(C)(=O)=O)C3)CC1. The van der Waals surface area contributed by atoms with Gasteiger partial charge < -0.3 is 14.9 Å². The van der Waals surface area contributed by atoms with Crippen LogP contribution >= 0.6 is 11.8 Å². The zero-order valence-electron chi connectivity index (χ0n) is 25.7. The molecule has 2 saturated heterocycles. The number of hydrogen-bond acceptors (Lipinski definition) is 7. The Morgan fingerprint density at radius 1 is 1.07 bits per heavy atom. The van der Waals surface area contributed by atoms with E-state index in [-0.39, 0.29) is 56.2 Å². The first-order valence-electron chi connectivity index (χ1n) is 15.5. The summed E-state index contributed by atoms with van der Waals surface area (Å²) in [6.07, 6.45) is -2.22. The van der Waals surface area contributed by atoms with Crippen LogP contribution in [0.15, 0.2) is 23.1 Å². The van der Waals surface area contributed by atoms with Gasteiger partial charge in [-0.05, 0) is 44.0 Å². The van der Waals surface area contributed by atoms with E-state index in [1.54, 1.807) is 4.68 Å². The van der Waals surface area contributed by atoms with Crippen LogP contribution < -0.4 is 0 Å². The van der Waals surface area contributed by atoms with Gasteiger partial charge in [0.1, 0.15) is 0 Å². The quantitative estimate of drug-likeness (QED) is 0.286. The van der Waals surface area contributed by atoms with Crippen molar-refractivity contribution in [3.63, 3.8) is 0 Å². The number of rotatable bonds is 10. The summed E-state index contributed by atoms with van der Waals surface area (Å²) in [5.74, 6) is -1.76.